The molecule has 2 aromatic carbocycles. The van der Waals surface area contributed by atoms with Crippen LogP contribution in [-0.4, -0.2) is 27.0 Å². The second kappa shape index (κ2) is 7.87. The molecule has 1 fully saturated rings. The SMILES string of the molecule is COc1ccc(NC(=O)C2(NS(=O)(=O)Cc3ccc(Cl)cc3F)CC2)cc1Cl. The van der Waals surface area contributed by atoms with E-state index in [1.807, 2.05) is 0 Å². The van der Waals surface area contributed by atoms with Crippen molar-refractivity contribution >= 4 is 44.8 Å². The van der Waals surface area contributed by atoms with Crippen LogP contribution >= 0.6 is 23.2 Å². The Morgan fingerprint density at radius 3 is 2.50 bits per heavy atom. The summed E-state index contributed by atoms with van der Waals surface area (Å²) in [6, 6.07) is 8.44. The molecule has 3 rings (SSSR count). The maximum atomic E-state index is 13.9. The highest BCUT2D eigenvalue weighted by Crippen LogP contribution is 2.38. The number of sulfonamides is 1. The average Bonchev–Trinajstić information content (AvgIpc) is 3.37. The second-order valence-electron chi connectivity index (χ2n) is 6.48. The van der Waals surface area contributed by atoms with Crippen molar-refractivity contribution in [3.05, 3.63) is 57.8 Å². The van der Waals surface area contributed by atoms with Crippen molar-refractivity contribution in [3.63, 3.8) is 0 Å². The van der Waals surface area contributed by atoms with Crippen LogP contribution in [0.5, 0.6) is 5.75 Å². The number of anilines is 1. The lowest BCUT2D eigenvalue weighted by Crippen LogP contribution is -2.46. The zero-order chi connectivity index (χ0) is 20.5. The number of hydrogen-bond acceptors (Lipinski definition) is 4. The largest absolute Gasteiger partial charge is 0.495 e. The van der Waals surface area contributed by atoms with Gasteiger partial charge in [0.1, 0.15) is 17.1 Å². The molecule has 1 aliphatic carbocycles. The predicted molar refractivity (Wildman–Crippen MR) is 106 cm³/mol. The molecule has 0 radical (unpaired) electrons. The minimum atomic E-state index is -3.96. The van der Waals surface area contributed by atoms with Crippen molar-refractivity contribution in [2.24, 2.45) is 0 Å². The van der Waals surface area contributed by atoms with Gasteiger partial charge in [-0.05, 0) is 43.2 Å². The van der Waals surface area contributed by atoms with Gasteiger partial charge in [-0.3, -0.25) is 4.79 Å². The summed E-state index contributed by atoms with van der Waals surface area (Å²) in [7, 11) is -2.49. The Hall–Kier alpha value is -1.87. The van der Waals surface area contributed by atoms with E-state index in [9.17, 15) is 17.6 Å². The second-order valence-corrected chi connectivity index (χ2v) is 9.05. The Morgan fingerprint density at radius 1 is 1.21 bits per heavy atom. The maximum Gasteiger partial charge on any atom is 0.245 e. The Kier molecular flexibility index (Phi) is 5.86. The van der Waals surface area contributed by atoms with Crippen LogP contribution in [0.3, 0.4) is 0 Å². The van der Waals surface area contributed by atoms with E-state index in [2.05, 4.69) is 10.0 Å². The van der Waals surface area contributed by atoms with Gasteiger partial charge in [-0.1, -0.05) is 29.3 Å². The fraction of sp³-hybridized carbons (Fsp3) is 0.278. The first-order chi connectivity index (χ1) is 13.1. The molecule has 2 N–H and O–H groups in total. The lowest BCUT2D eigenvalue weighted by atomic mass is 10.2. The van der Waals surface area contributed by atoms with Crippen molar-refractivity contribution in [2.45, 2.75) is 24.1 Å². The van der Waals surface area contributed by atoms with E-state index in [0.717, 1.165) is 6.07 Å². The van der Waals surface area contributed by atoms with Crippen molar-refractivity contribution in [3.8, 4) is 5.75 Å². The van der Waals surface area contributed by atoms with E-state index in [1.54, 1.807) is 12.1 Å². The predicted octanol–water partition coefficient (Wildman–Crippen LogP) is 3.73. The van der Waals surface area contributed by atoms with Crippen LogP contribution < -0.4 is 14.8 Å². The third kappa shape index (κ3) is 4.75. The van der Waals surface area contributed by atoms with Gasteiger partial charge in [0, 0.05) is 16.3 Å². The summed E-state index contributed by atoms with van der Waals surface area (Å²) < 4.78 is 46.3. The zero-order valence-corrected chi connectivity index (χ0v) is 17.1. The third-order valence-electron chi connectivity index (χ3n) is 4.31. The van der Waals surface area contributed by atoms with E-state index in [-0.39, 0.29) is 10.6 Å². The van der Waals surface area contributed by atoms with E-state index < -0.39 is 33.0 Å². The van der Waals surface area contributed by atoms with Gasteiger partial charge in [0.25, 0.3) is 0 Å². The van der Waals surface area contributed by atoms with E-state index in [4.69, 9.17) is 27.9 Å². The van der Waals surface area contributed by atoms with Gasteiger partial charge in [0.2, 0.25) is 15.9 Å². The molecular weight excluding hydrogens is 430 g/mol. The van der Waals surface area contributed by atoms with Crippen molar-refractivity contribution in [2.75, 3.05) is 12.4 Å². The summed E-state index contributed by atoms with van der Waals surface area (Å²) in [5.41, 5.74) is -0.881. The standard InChI is InChI=1S/C18H17Cl2FN2O4S/c1-27-16-5-4-13(9-14(16)20)22-17(24)18(6-7-18)23-28(25,26)10-11-2-3-12(19)8-15(11)21/h2-5,8-9,23H,6-7,10H2,1H3,(H,22,24). The molecule has 1 amide bonds. The fourth-order valence-corrected chi connectivity index (χ4v) is 4.70. The summed E-state index contributed by atoms with van der Waals surface area (Å²) in [4.78, 5) is 12.6. The van der Waals surface area contributed by atoms with Gasteiger partial charge in [-0.15, -0.1) is 0 Å². The Bertz CT molecular complexity index is 1030. The highest BCUT2D eigenvalue weighted by Gasteiger charge is 2.52. The molecule has 0 spiro atoms. The van der Waals surface area contributed by atoms with Crippen molar-refractivity contribution < 1.29 is 22.3 Å². The minimum absolute atomic E-state index is 0.0324. The van der Waals surface area contributed by atoms with Gasteiger partial charge in [0.15, 0.2) is 0 Å². The van der Waals surface area contributed by atoms with Crippen molar-refractivity contribution in [1.29, 1.82) is 0 Å². The number of methoxy groups -OCH3 is 1. The smallest absolute Gasteiger partial charge is 0.245 e. The van der Waals surface area contributed by atoms with Crippen LogP contribution in [0.4, 0.5) is 10.1 Å². The topological polar surface area (TPSA) is 84.5 Å². The molecule has 0 atom stereocenters. The molecule has 0 aromatic heterocycles. The molecule has 1 saturated carbocycles. The third-order valence-corrected chi connectivity index (χ3v) is 6.23. The van der Waals surface area contributed by atoms with Crippen molar-refractivity contribution in [1.82, 2.24) is 4.72 Å². The number of rotatable bonds is 7. The van der Waals surface area contributed by atoms with Crippen LogP contribution in [-0.2, 0) is 20.6 Å². The van der Waals surface area contributed by atoms with Crippen LogP contribution in [0.25, 0.3) is 0 Å². The summed E-state index contributed by atoms with van der Waals surface area (Å²) in [6.07, 6.45) is 0.677. The first-order valence-electron chi connectivity index (χ1n) is 8.25. The number of ether oxygens (including phenoxy) is 1. The first-order valence-corrected chi connectivity index (χ1v) is 10.7. The quantitative estimate of drug-likeness (QED) is 0.678. The van der Waals surface area contributed by atoms with Crippen LogP contribution in [0.1, 0.15) is 18.4 Å². The fourth-order valence-electron chi connectivity index (χ4n) is 2.67. The molecule has 0 unspecified atom stereocenters. The van der Waals surface area contributed by atoms with Gasteiger partial charge >= 0.3 is 0 Å². The molecule has 150 valence electrons. The van der Waals surface area contributed by atoms with Gasteiger partial charge in [-0.2, -0.15) is 4.72 Å². The number of hydrogen-bond donors (Lipinski definition) is 2. The molecule has 10 heteroatoms. The lowest BCUT2D eigenvalue weighted by molar-refractivity contribution is -0.118. The number of nitrogens with one attached hydrogen (secondary N) is 2. The van der Waals surface area contributed by atoms with E-state index >= 15 is 0 Å². The highest BCUT2D eigenvalue weighted by molar-refractivity contribution is 7.88. The summed E-state index contributed by atoms with van der Waals surface area (Å²) in [5, 5.41) is 3.12. The van der Waals surface area contributed by atoms with Gasteiger partial charge in [-0.25, -0.2) is 12.8 Å². The Morgan fingerprint density at radius 2 is 1.93 bits per heavy atom. The molecule has 0 bridgehead atoms. The Labute approximate surface area is 172 Å². The Balaban J connectivity index is 1.70. The van der Waals surface area contributed by atoms with Gasteiger partial charge < -0.3 is 10.1 Å². The first kappa shape index (κ1) is 20.9. The van der Waals surface area contributed by atoms with E-state index in [1.165, 1.54) is 25.3 Å². The number of carbonyl (C=O) groups excluding carboxylic acids is 1. The number of amides is 1. The normalized spacial score (nSPS) is 15.1. The molecule has 0 heterocycles. The minimum Gasteiger partial charge on any atom is -0.495 e. The molecule has 6 nitrogen and oxygen atoms in total. The molecule has 1 aliphatic rings. The number of halogens is 3. The summed E-state index contributed by atoms with van der Waals surface area (Å²) in [6.45, 7) is 0. The molecular formula is C18H17Cl2FN2O4S. The van der Waals surface area contributed by atoms with Gasteiger partial charge in [0.05, 0.1) is 17.9 Å². The molecule has 0 saturated heterocycles. The number of carbonyl (C=O) groups is 1. The molecule has 2 aromatic rings. The zero-order valence-electron chi connectivity index (χ0n) is 14.8. The average molecular weight is 447 g/mol. The monoisotopic (exact) mass is 446 g/mol. The molecule has 0 aliphatic heterocycles. The van der Waals surface area contributed by atoms with Crippen LogP contribution in [0, 0.1) is 5.82 Å². The highest BCUT2D eigenvalue weighted by atomic mass is 35.5. The van der Waals surface area contributed by atoms with Crippen LogP contribution in [0.15, 0.2) is 36.4 Å². The lowest BCUT2D eigenvalue weighted by Gasteiger charge is -2.18. The summed E-state index contributed by atoms with van der Waals surface area (Å²) >= 11 is 11.7. The number of benzene rings is 2. The van der Waals surface area contributed by atoms with E-state index in [0.29, 0.717) is 29.3 Å². The van der Waals surface area contributed by atoms with Crippen LogP contribution in [0.2, 0.25) is 10.0 Å². The maximum absolute atomic E-state index is 13.9. The summed E-state index contributed by atoms with van der Waals surface area (Å²) in [5.74, 6) is -1.38. The molecule has 28 heavy (non-hydrogen) atoms.